The summed E-state index contributed by atoms with van der Waals surface area (Å²) in [7, 11) is 2.09. The van der Waals surface area contributed by atoms with E-state index in [1.54, 1.807) is 30.6 Å². The third-order valence-corrected chi connectivity index (χ3v) is 3.95. The molecule has 5 heteroatoms. The second-order valence-electron chi connectivity index (χ2n) is 5.31. The maximum absolute atomic E-state index is 11.1. The summed E-state index contributed by atoms with van der Waals surface area (Å²) in [6, 6.07) is 7.13. The van der Waals surface area contributed by atoms with E-state index in [9.17, 15) is 4.79 Å². The van der Waals surface area contributed by atoms with Crippen LogP contribution in [0.4, 0.5) is 0 Å². The Labute approximate surface area is 123 Å². The van der Waals surface area contributed by atoms with Crippen LogP contribution in [0.1, 0.15) is 34.9 Å². The number of carbonyl (C=O) groups is 1. The van der Waals surface area contributed by atoms with Gasteiger partial charge in [0.05, 0.1) is 23.0 Å². The van der Waals surface area contributed by atoms with Crippen LogP contribution in [0.2, 0.25) is 0 Å². The average molecular weight is 283 g/mol. The maximum Gasteiger partial charge on any atom is 0.335 e. The highest BCUT2D eigenvalue weighted by Crippen LogP contribution is 2.34. The predicted octanol–water partition coefficient (Wildman–Crippen LogP) is 2.61. The molecule has 0 radical (unpaired) electrons. The lowest BCUT2D eigenvalue weighted by atomic mass is 10.0. The van der Waals surface area contributed by atoms with Gasteiger partial charge in [0, 0.05) is 18.0 Å². The van der Waals surface area contributed by atoms with E-state index >= 15 is 0 Å². The van der Waals surface area contributed by atoms with Gasteiger partial charge in [0.25, 0.3) is 0 Å². The molecule has 21 heavy (non-hydrogen) atoms. The molecule has 2 aromatic rings. The molecule has 1 saturated heterocycles. The maximum atomic E-state index is 11.1. The fourth-order valence-electron chi connectivity index (χ4n) is 2.87. The zero-order valence-corrected chi connectivity index (χ0v) is 11.9. The third kappa shape index (κ3) is 2.64. The van der Waals surface area contributed by atoms with Crippen molar-refractivity contribution in [2.24, 2.45) is 0 Å². The Kier molecular flexibility index (Phi) is 3.66. The summed E-state index contributed by atoms with van der Waals surface area (Å²) in [5.74, 6) is -0.930. The van der Waals surface area contributed by atoms with Gasteiger partial charge in [0.2, 0.25) is 0 Å². The lowest BCUT2D eigenvalue weighted by Crippen LogP contribution is -2.19. The molecule has 0 saturated carbocycles. The van der Waals surface area contributed by atoms with Crippen molar-refractivity contribution in [3.8, 4) is 11.3 Å². The molecule has 108 valence electrons. The second kappa shape index (κ2) is 5.61. The average Bonchev–Trinajstić information content (AvgIpc) is 2.93. The van der Waals surface area contributed by atoms with Crippen LogP contribution >= 0.6 is 0 Å². The fraction of sp³-hybridized carbons (Fsp3) is 0.312. The topological polar surface area (TPSA) is 66.3 Å². The number of nitrogens with zero attached hydrogens (tertiary/aromatic N) is 3. The molecule has 1 aromatic heterocycles. The van der Waals surface area contributed by atoms with E-state index in [0.717, 1.165) is 36.3 Å². The Balaban J connectivity index is 2.06. The number of aromatic nitrogens is 2. The van der Waals surface area contributed by atoms with E-state index in [1.165, 1.54) is 0 Å². The highest BCUT2D eigenvalue weighted by molar-refractivity contribution is 5.89. The van der Waals surface area contributed by atoms with Crippen molar-refractivity contribution in [2.75, 3.05) is 13.6 Å². The Morgan fingerprint density at radius 2 is 2.14 bits per heavy atom. The first-order chi connectivity index (χ1) is 10.2. The van der Waals surface area contributed by atoms with E-state index in [2.05, 4.69) is 21.9 Å². The van der Waals surface area contributed by atoms with E-state index in [1.807, 2.05) is 6.07 Å². The van der Waals surface area contributed by atoms with Crippen LogP contribution < -0.4 is 0 Å². The van der Waals surface area contributed by atoms with Crippen LogP contribution in [0.5, 0.6) is 0 Å². The van der Waals surface area contributed by atoms with Gasteiger partial charge in [-0.2, -0.15) is 0 Å². The summed E-state index contributed by atoms with van der Waals surface area (Å²) in [5, 5.41) is 9.13. The molecule has 5 nitrogen and oxygen atoms in total. The Morgan fingerprint density at radius 1 is 1.33 bits per heavy atom. The third-order valence-electron chi connectivity index (χ3n) is 3.95. The number of carboxylic acids is 1. The van der Waals surface area contributed by atoms with Crippen molar-refractivity contribution >= 4 is 5.97 Å². The van der Waals surface area contributed by atoms with E-state index < -0.39 is 5.97 Å². The Hall–Kier alpha value is -2.27. The highest BCUT2D eigenvalue weighted by Gasteiger charge is 2.27. The van der Waals surface area contributed by atoms with Crippen LogP contribution in [0.25, 0.3) is 11.3 Å². The summed E-state index contributed by atoms with van der Waals surface area (Å²) in [6.45, 7) is 1.05. The Morgan fingerprint density at radius 3 is 2.86 bits per heavy atom. The summed E-state index contributed by atoms with van der Waals surface area (Å²) >= 11 is 0. The SMILES string of the molecule is CN1CCC[C@@H]1c1nccnc1-c1cccc(C(=O)O)c1. The van der Waals surface area contributed by atoms with Crippen LogP contribution in [0, 0.1) is 0 Å². The fourth-order valence-corrected chi connectivity index (χ4v) is 2.87. The van der Waals surface area contributed by atoms with Gasteiger partial charge < -0.3 is 5.11 Å². The molecule has 0 unspecified atom stereocenters. The van der Waals surface area contributed by atoms with Crippen LogP contribution in [-0.2, 0) is 0 Å². The largest absolute Gasteiger partial charge is 0.478 e. The van der Waals surface area contributed by atoms with Gasteiger partial charge in [0.15, 0.2) is 0 Å². The lowest BCUT2D eigenvalue weighted by molar-refractivity contribution is 0.0697. The zero-order valence-electron chi connectivity index (χ0n) is 11.9. The minimum atomic E-state index is -0.930. The van der Waals surface area contributed by atoms with Gasteiger partial charge in [0.1, 0.15) is 0 Å². The number of aromatic carboxylic acids is 1. The first-order valence-corrected chi connectivity index (χ1v) is 7.01. The minimum absolute atomic E-state index is 0.252. The number of carboxylic acid groups (broad SMARTS) is 1. The van der Waals surface area contributed by atoms with Crippen molar-refractivity contribution < 1.29 is 9.90 Å². The lowest BCUT2D eigenvalue weighted by Gasteiger charge is -2.20. The molecule has 1 aliphatic rings. The van der Waals surface area contributed by atoms with Gasteiger partial charge >= 0.3 is 5.97 Å². The van der Waals surface area contributed by atoms with Crippen molar-refractivity contribution in [2.45, 2.75) is 18.9 Å². The molecule has 0 amide bonds. The van der Waals surface area contributed by atoms with Crippen molar-refractivity contribution in [1.29, 1.82) is 0 Å². The molecular weight excluding hydrogens is 266 g/mol. The van der Waals surface area contributed by atoms with Crippen molar-refractivity contribution in [3.05, 3.63) is 47.9 Å². The summed E-state index contributed by atoms with van der Waals surface area (Å²) < 4.78 is 0. The van der Waals surface area contributed by atoms with Gasteiger partial charge in [-0.3, -0.25) is 14.9 Å². The van der Waals surface area contributed by atoms with Gasteiger partial charge in [-0.05, 0) is 38.6 Å². The highest BCUT2D eigenvalue weighted by atomic mass is 16.4. The molecule has 0 bridgehead atoms. The smallest absolute Gasteiger partial charge is 0.335 e. The normalized spacial score (nSPS) is 18.8. The minimum Gasteiger partial charge on any atom is -0.478 e. The molecule has 2 heterocycles. The molecular formula is C16H17N3O2. The standard InChI is InChI=1S/C16H17N3O2/c1-19-9-3-6-13(19)15-14(17-7-8-18-15)11-4-2-5-12(10-11)16(20)21/h2,4-5,7-8,10,13H,3,6,9H2,1H3,(H,20,21)/t13-/m1/s1. The van der Waals surface area contributed by atoms with E-state index in [-0.39, 0.29) is 11.6 Å². The second-order valence-corrected chi connectivity index (χ2v) is 5.31. The predicted molar refractivity (Wildman–Crippen MR) is 79.0 cm³/mol. The van der Waals surface area contributed by atoms with Crippen molar-refractivity contribution in [1.82, 2.24) is 14.9 Å². The number of benzene rings is 1. The quantitative estimate of drug-likeness (QED) is 0.938. The Bertz CT molecular complexity index is 672. The molecule has 1 atom stereocenters. The number of likely N-dealkylation sites (tertiary alicyclic amines) is 1. The van der Waals surface area contributed by atoms with E-state index in [0.29, 0.717) is 0 Å². The van der Waals surface area contributed by atoms with Gasteiger partial charge in [-0.15, -0.1) is 0 Å². The molecule has 0 aliphatic carbocycles. The first-order valence-electron chi connectivity index (χ1n) is 7.01. The molecule has 1 aromatic carbocycles. The van der Waals surface area contributed by atoms with Gasteiger partial charge in [-0.25, -0.2) is 4.79 Å². The first kappa shape index (κ1) is 13.7. The number of hydrogen-bond donors (Lipinski definition) is 1. The summed E-state index contributed by atoms with van der Waals surface area (Å²) in [6.07, 6.45) is 5.56. The number of rotatable bonds is 3. The van der Waals surface area contributed by atoms with E-state index in [4.69, 9.17) is 5.11 Å². The molecule has 1 fully saturated rings. The van der Waals surface area contributed by atoms with Gasteiger partial charge in [-0.1, -0.05) is 12.1 Å². The molecule has 3 rings (SSSR count). The molecule has 1 aliphatic heterocycles. The molecule has 1 N–H and O–H groups in total. The van der Waals surface area contributed by atoms with Crippen LogP contribution in [0.15, 0.2) is 36.7 Å². The van der Waals surface area contributed by atoms with Crippen LogP contribution in [0.3, 0.4) is 0 Å². The monoisotopic (exact) mass is 283 g/mol. The molecule has 0 spiro atoms. The van der Waals surface area contributed by atoms with Crippen LogP contribution in [-0.4, -0.2) is 39.5 Å². The van der Waals surface area contributed by atoms with Crippen molar-refractivity contribution in [3.63, 3.8) is 0 Å². The zero-order chi connectivity index (χ0) is 14.8. The number of hydrogen-bond acceptors (Lipinski definition) is 4. The summed E-state index contributed by atoms with van der Waals surface area (Å²) in [5.41, 5.74) is 2.78. The summed E-state index contributed by atoms with van der Waals surface area (Å²) in [4.78, 5) is 22.4.